The van der Waals surface area contributed by atoms with Crippen LogP contribution in [0, 0.1) is 0 Å². The fourth-order valence-corrected chi connectivity index (χ4v) is 4.00. The molecule has 1 aromatic heterocycles. The minimum atomic E-state index is -0.242. The molecular weight excluding hydrogens is 370 g/mol. The maximum absolute atomic E-state index is 13.1. The Bertz CT molecular complexity index is 943. The van der Waals surface area contributed by atoms with E-state index in [0.29, 0.717) is 32.7 Å². The van der Waals surface area contributed by atoms with Crippen molar-refractivity contribution < 1.29 is 9.59 Å². The molecule has 152 valence electrons. The van der Waals surface area contributed by atoms with Crippen molar-refractivity contribution in [1.82, 2.24) is 24.9 Å². The van der Waals surface area contributed by atoms with Gasteiger partial charge < -0.3 is 15.1 Å². The first-order chi connectivity index (χ1) is 14.1. The molecule has 2 amide bonds. The van der Waals surface area contributed by atoms with Gasteiger partial charge in [0.1, 0.15) is 5.69 Å². The first-order valence-corrected chi connectivity index (χ1v) is 10.0. The number of likely N-dealkylation sites (tertiary alicyclic amines) is 1. The Morgan fingerprint density at radius 3 is 2.72 bits per heavy atom. The molecule has 2 saturated heterocycles. The molecule has 0 spiro atoms. The Morgan fingerprint density at radius 1 is 1.10 bits per heavy atom. The summed E-state index contributed by atoms with van der Waals surface area (Å²) in [6.45, 7) is 3.27. The normalized spacial score (nSPS) is 20.0. The zero-order chi connectivity index (χ0) is 20.2. The molecule has 0 saturated carbocycles. The third-order valence-electron chi connectivity index (χ3n) is 5.51. The van der Waals surface area contributed by atoms with Crippen LogP contribution in [0.25, 0.3) is 0 Å². The molecule has 3 heterocycles. The van der Waals surface area contributed by atoms with Crippen molar-refractivity contribution in [2.24, 2.45) is 0 Å². The summed E-state index contributed by atoms with van der Waals surface area (Å²) in [6.07, 6.45) is 1.74. The van der Waals surface area contributed by atoms with E-state index >= 15 is 0 Å². The molecular formula is C21H25N5O3. The second-order valence-corrected chi connectivity index (χ2v) is 7.51. The highest BCUT2D eigenvalue weighted by Crippen LogP contribution is 2.18. The largest absolute Gasteiger partial charge is 0.336 e. The van der Waals surface area contributed by atoms with E-state index in [2.05, 4.69) is 10.4 Å². The molecule has 1 atom stereocenters. The minimum absolute atomic E-state index is 0.0394. The molecule has 1 N–H and O–H groups in total. The molecule has 2 aliphatic rings. The maximum Gasteiger partial charge on any atom is 0.274 e. The number of rotatable bonds is 4. The molecule has 2 aromatic rings. The number of piperazine rings is 1. The summed E-state index contributed by atoms with van der Waals surface area (Å²) >= 11 is 0. The van der Waals surface area contributed by atoms with Gasteiger partial charge >= 0.3 is 0 Å². The Balaban J connectivity index is 1.49. The van der Waals surface area contributed by atoms with Gasteiger partial charge in [0.05, 0.1) is 13.1 Å². The van der Waals surface area contributed by atoms with Crippen molar-refractivity contribution in [3.05, 3.63) is 64.1 Å². The lowest BCUT2D eigenvalue weighted by molar-refractivity contribution is -0.135. The highest BCUT2D eigenvalue weighted by Gasteiger charge is 2.32. The predicted molar refractivity (Wildman–Crippen MR) is 108 cm³/mol. The van der Waals surface area contributed by atoms with Gasteiger partial charge in [-0.05, 0) is 24.5 Å². The maximum atomic E-state index is 13.1. The SMILES string of the molecule is O=C(c1ccc(=O)n(Cc2ccccc2)n1)N1CCCC(N2CCNCC2=O)C1. The lowest BCUT2D eigenvalue weighted by Gasteiger charge is -2.41. The number of nitrogens with zero attached hydrogens (tertiary/aromatic N) is 4. The van der Waals surface area contributed by atoms with E-state index in [1.54, 1.807) is 4.90 Å². The summed E-state index contributed by atoms with van der Waals surface area (Å²) in [5.41, 5.74) is 0.961. The summed E-state index contributed by atoms with van der Waals surface area (Å²) in [6, 6.07) is 12.5. The first kappa shape index (κ1) is 19.3. The molecule has 0 aliphatic carbocycles. The molecule has 29 heavy (non-hydrogen) atoms. The molecule has 8 nitrogen and oxygen atoms in total. The van der Waals surface area contributed by atoms with Crippen LogP contribution >= 0.6 is 0 Å². The standard InChI is InChI=1S/C21H25N5O3/c27-19-9-8-18(23-26(19)14-16-5-2-1-3-6-16)21(29)24-11-4-7-17(15-24)25-12-10-22-13-20(25)28/h1-3,5-6,8-9,17,22H,4,7,10-15H2. The zero-order valence-electron chi connectivity index (χ0n) is 16.3. The van der Waals surface area contributed by atoms with Crippen LogP contribution in [-0.4, -0.2) is 70.2 Å². The fraction of sp³-hybridized carbons (Fsp3) is 0.429. The van der Waals surface area contributed by atoms with Crippen molar-refractivity contribution in [2.75, 3.05) is 32.7 Å². The number of amides is 2. The second kappa shape index (κ2) is 8.57. The highest BCUT2D eigenvalue weighted by atomic mass is 16.2. The van der Waals surface area contributed by atoms with E-state index in [1.807, 2.05) is 35.2 Å². The topological polar surface area (TPSA) is 87.5 Å². The van der Waals surface area contributed by atoms with Gasteiger partial charge in [-0.25, -0.2) is 4.68 Å². The van der Waals surface area contributed by atoms with Gasteiger partial charge in [0.25, 0.3) is 11.5 Å². The molecule has 8 heteroatoms. The molecule has 4 rings (SSSR count). The quantitative estimate of drug-likeness (QED) is 0.806. The number of carbonyl (C=O) groups is 2. The summed E-state index contributed by atoms with van der Waals surface area (Å²) in [5, 5.41) is 7.40. The van der Waals surface area contributed by atoms with Crippen LogP contribution in [0.5, 0.6) is 0 Å². The van der Waals surface area contributed by atoms with Crippen LogP contribution in [-0.2, 0) is 11.3 Å². The molecule has 1 aromatic carbocycles. The Labute approximate surface area is 169 Å². The first-order valence-electron chi connectivity index (χ1n) is 10.0. The summed E-state index contributed by atoms with van der Waals surface area (Å²) in [7, 11) is 0. The van der Waals surface area contributed by atoms with Crippen molar-refractivity contribution in [3.8, 4) is 0 Å². The van der Waals surface area contributed by atoms with Crippen molar-refractivity contribution in [2.45, 2.75) is 25.4 Å². The van der Waals surface area contributed by atoms with Crippen molar-refractivity contribution in [1.29, 1.82) is 0 Å². The van der Waals surface area contributed by atoms with Crippen LogP contribution in [0.3, 0.4) is 0 Å². The lowest BCUT2D eigenvalue weighted by atomic mass is 10.0. The number of benzene rings is 1. The number of carbonyl (C=O) groups excluding carboxylic acids is 2. The van der Waals surface area contributed by atoms with E-state index in [9.17, 15) is 14.4 Å². The number of nitrogens with one attached hydrogen (secondary N) is 1. The van der Waals surface area contributed by atoms with E-state index < -0.39 is 0 Å². The van der Waals surface area contributed by atoms with Crippen LogP contribution in [0.2, 0.25) is 0 Å². The van der Waals surface area contributed by atoms with E-state index in [-0.39, 0.29) is 29.1 Å². The minimum Gasteiger partial charge on any atom is -0.336 e. The molecule has 2 fully saturated rings. The van der Waals surface area contributed by atoms with Gasteiger partial charge in [-0.1, -0.05) is 30.3 Å². The smallest absolute Gasteiger partial charge is 0.274 e. The lowest BCUT2D eigenvalue weighted by Crippen LogP contribution is -2.57. The van der Waals surface area contributed by atoms with Crippen LogP contribution in [0.15, 0.2) is 47.3 Å². The summed E-state index contributed by atoms with van der Waals surface area (Å²) in [4.78, 5) is 41.1. The third kappa shape index (κ3) is 4.37. The summed E-state index contributed by atoms with van der Waals surface area (Å²) in [5.74, 6) is -0.107. The monoisotopic (exact) mass is 395 g/mol. The van der Waals surface area contributed by atoms with Crippen LogP contribution in [0.4, 0.5) is 0 Å². The van der Waals surface area contributed by atoms with Gasteiger partial charge in [0, 0.05) is 38.3 Å². The highest BCUT2D eigenvalue weighted by molar-refractivity contribution is 5.92. The van der Waals surface area contributed by atoms with Crippen molar-refractivity contribution >= 4 is 11.8 Å². The van der Waals surface area contributed by atoms with Gasteiger partial charge in [0.15, 0.2) is 0 Å². The Kier molecular flexibility index (Phi) is 5.71. The number of hydrogen-bond donors (Lipinski definition) is 1. The van der Waals surface area contributed by atoms with Gasteiger partial charge in [-0.3, -0.25) is 14.4 Å². The Hall–Kier alpha value is -3.00. The molecule has 1 unspecified atom stereocenters. The van der Waals surface area contributed by atoms with Gasteiger partial charge in [-0.15, -0.1) is 0 Å². The number of aromatic nitrogens is 2. The zero-order valence-corrected chi connectivity index (χ0v) is 16.3. The number of piperidine rings is 1. The van der Waals surface area contributed by atoms with Gasteiger partial charge in [0.2, 0.25) is 5.91 Å². The predicted octanol–water partition coefficient (Wildman–Crippen LogP) is 0.328. The average Bonchev–Trinajstić information content (AvgIpc) is 2.76. The Morgan fingerprint density at radius 2 is 1.93 bits per heavy atom. The average molecular weight is 395 g/mol. The van der Waals surface area contributed by atoms with Crippen molar-refractivity contribution in [3.63, 3.8) is 0 Å². The van der Waals surface area contributed by atoms with E-state index in [1.165, 1.54) is 16.8 Å². The fourth-order valence-electron chi connectivity index (χ4n) is 4.00. The third-order valence-corrected chi connectivity index (χ3v) is 5.51. The molecule has 2 aliphatic heterocycles. The van der Waals surface area contributed by atoms with E-state index in [0.717, 1.165) is 24.9 Å². The van der Waals surface area contributed by atoms with E-state index in [4.69, 9.17) is 0 Å². The van der Waals surface area contributed by atoms with Crippen LogP contribution < -0.4 is 10.9 Å². The second-order valence-electron chi connectivity index (χ2n) is 7.51. The molecule has 0 bridgehead atoms. The number of hydrogen-bond acceptors (Lipinski definition) is 5. The van der Waals surface area contributed by atoms with Crippen LogP contribution in [0.1, 0.15) is 28.9 Å². The van der Waals surface area contributed by atoms with Gasteiger partial charge in [-0.2, -0.15) is 5.10 Å². The summed E-state index contributed by atoms with van der Waals surface area (Å²) < 4.78 is 1.32. The molecule has 0 radical (unpaired) electrons.